The fourth-order valence-corrected chi connectivity index (χ4v) is 4.74. The van der Waals surface area contributed by atoms with Crippen molar-refractivity contribution in [2.45, 2.75) is 37.5 Å². The van der Waals surface area contributed by atoms with Crippen molar-refractivity contribution in [2.24, 2.45) is 5.92 Å². The second-order valence-electron chi connectivity index (χ2n) is 5.28. The monoisotopic (exact) mass is 301 g/mol. The van der Waals surface area contributed by atoms with Gasteiger partial charge in [0.1, 0.15) is 0 Å². The molecule has 0 spiro atoms. The summed E-state index contributed by atoms with van der Waals surface area (Å²) in [5, 5.41) is 0. The van der Waals surface area contributed by atoms with Crippen LogP contribution in [0, 0.1) is 12.8 Å². The molecule has 1 aromatic rings. The second kappa shape index (κ2) is 5.81. The molecular formula is C14H20ClNO2S. The van der Waals surface area contributed by atoms with Crippen molar-refractivity contribution in [3.63, 3.8) is 0 Å². The number of hydrogen-bond acceptors (Lipinski definition) is 2. The molecule has 0 bridgehead atoms. The Kier molecular flexibility index (Phi) is 4.54. The van der Waals surface area contributed by atoms with Crippen LogP contribution in [0.5, 0.6) is 0 Å². The first-order chi connectivity index (χ1) is 8.96. The number of alkyl halides is 1. The van der Waals surface area contributed by atoms with Crippen molar-refractivity contribution in [1.82, 2.24) is 4.31 Å². The molecule has 19 heavy (non-hydrogen) atoms. The first kappa shape index (κ1) is 14.8. The summed E-state index contributed by atoms with van der Waals surface area (Å²) in [5.74, 6) is 0.769. The topological polar surface area (TPSA) is 37.4 Å². The van der Waals surface area contributed by atoms with Crippen LogP contribution in [0.25, 0.3) is 0 Å². The number of benzene rings is 1. The molecule has 0 radical (unpaired) electrons. The maximum absolute atomic E-state index is 12.7. The Balaban J connectivity index is 2.39. The van der Waals surface area contributed by atoms with E-state index in [0.29, 0.717) is 29.8 Å². The average molecular weight is 302 g/mol. The highest BCUT2D eigenvalue weighted by Gasteiger charge is 2.29. The third-order valence-electron chi connectivity index (χ3n) is 3.78. The Bertz CT molecular complexity index is 557. The number of hydrogen-bond donors (Lipinski definition) is 0. The summed E-state index contributed by atoms with van der Waals surface area (Å²) >= 11 is 5.85. The van der Waals surface area contributed by atoms with Gasteiger partial charge >= 0.3 is 0 Å². The summed E-state index contributed by atoms with van der Waals surface area (Å²) in [7, 11) is -3.38. The molecule has 1 heterocycles. The van der Waals surface area contributed by atoms with Crippen LogP contribution in [-0.4, -0.2) is 25.8 Å². The van der Waals surface area contributed by atoms with Gasteiger partial charge in [-0.25, -0.2) is 8.42 Å². The lowest BCUT2D eigenvalue weighted by molar-refractivity contribution is 0.281. The first-order valence-electron chi connectivity index (χ1n) is 6.61. The predicted molar refractivity (Wildman–Crippen MR) is 77.9 cm³/mol. The normalized spacial score (nSPS) is 21.5. The van der Waals surface area contributed by atoms with Gasteiger partial charge in [-0.1, -0.05) is 19.1 Å². The quantitative estimate of drug-likeness (QED) is 0.804. The van der Waals surface area contributed by atoms with Gasteiger partial charge in [0, 0.05) is 19.0 Å². The van der Waals surface area contributed by atoms with Gasteiger partial charge in [-0.05, 0) is 42.9 Å². The fourth-order valence-electron chi connectivity index (χ4n) is 2.59. The van der Waals surface area contributed by atoms with Gasteiger partial charge < -0.3 is 0 Å². The van der Waals surface area contributed by atoms with E-state index in [9.17, 15) is 8.42 Å². The lowest BCUT2D eigenvalue weighted by atomic mass is 10.0. The fraction of sp³-hybridized carbons (Fsp3) is 0.571. The molecule has 1 atom stereocenters. The van der Waals surface area contributed by atoms with Crippen LogP contribution < -0.4 is 0 Å². The molecule has 3 nitrogen and oxygen atoms in total. The standard InChI is InChI=1S/C14H20ClNO2S/c1-11-5-4-8-16(10-11)19(17,18)14-7-3-6-13(9-15)12(14)2/h3,6-7,11H,4-5,8-10H2,1-2H3. The van der Waals surface area contributed by atoms with Crippen LogP contribution in [0.3, 0.4) is 0 Å². The van der Waals surface area contributed by atoms with Crippen molar-refractivity contribution in [3.05, 3.63) is 29.3 Å². The highest BCUT2D eigenvalue weighted by Crippen LogP contribution is 2.27. The maximum Gasteiger partial charge on any atom is 0.243 e. The molecule has 1 aliphatic rings. The number of piperidine rings is 1. The van der Waals surface area contributed by atoms with E-state index in [0.717, 1.165) is 24.0 Å². The van der Waals surface area contributed by atoms with Gasteiger partial charge in [0.2, 0.25) is 10.0 Å². The van der Waals surface area contributed by atoms with Crippen molar-refractivity contribution < 1.29 is 8.42 Å². The Hall–Kier alpha value is -0.580. The van der Waals surface area contributed by atoms with Gasteiger partial charge in [0.25, 0.3) is 0 Å². The molecular weight excluding hydrogens is 282 g/mol. The Morgan fingerprint density at radius 3 is 2.79 bits per heavy atom. The second-order valence-corrected chi connectivity index (χ2v) is 7.46. The lowest BCUT2D eigenvalue weighted by Crippen LogP contribution is -2.39. The summed E-state index contributed by atoms with van der Waals surface area (Å²) in [6.07, 6.45) is 2.04. The van der Waals surface area contributed by atoms with Crippen LogP contribution in [0.4, 0.5) is 0 Å². The molecule has 2 rings (SSSR count). The van der Waals surface area contributed by atoms with Crippen molar-refractivity contribution in [1.29, 1.82) is 0 Å². The zero-order chi connectivity index (χ0) is 14.0. The highest BCUT2D eigenvalue weighted by molar-refractivity contribution is 7.89. The molecule has 0 aliphatic carbocycles. The van der Waals surface area contributed by atoms with Crippen LogP contribution in [0.2, 0.25) is 0 Å². The molecule has 1 aromatic carbocycles. The molecule has 1 fully saturated rings. The maximum atomic E-state index is 12.7. The highest BCUT2D eigenvalue weighted by atomic mass is 35.5. The Morgan fingerprint density at radius 2 is 2.16 bits per heavy atom. The number of halogens is 1. The zero-order valence-electron chi connectivity index (χ0n) is 11.4. The van der Waals surface area contributed by atoms with Crippen LogP contribution in [-0.2, 0) is 15.9 Å². The largest absolute Gasteiger partial charge is 0.243 e. The predicted octanol–water partition coefficient (Wildman–Crippen LogP) is 3.15. The zero-order valence-corrected chi connectivity index (χ0v) is 13.0. The summed E-state index contributed by atoms with van der Waals surface area (Å²) in [6.45, 7) is 5.17. The van der Waals surface area contributed by atoms with Gasteiger partial charge in [-0.2, -0.15) is 4.31 Å². The third-order valence-corrected chi connectivity index (χ3v) is 6.08. The van der Waals surface area contributed by atoms with Gasteiger partial charge in [-0.3, -0.25) is 0 Å². The van der Waals surface area contributed by atoms with E-state index < -0.39 is 10.0 Å². The molecule has 5 heteroatoms. The van der Waals surface area contributed by atoms with Gasteiger partial charge in [-0.15, -0.1) is 11.6 Å². The van der Waals surface area contributed by atoms with E-state index in [2.05, 4.69) is 6.92 Å². The Labute approximate surface area is 120 Å². The number of rotatable bonds is 3. The minimum absolute atomic E-state index is 0.339. The van der Waals surface area contributed by atoms with E-state index in [1.165, 1.54) is 0 Å². The van der Waals surface area contributed by atoms with Crippen molar-refractivity contribution >= 4 is 21.6 Å². The van der Waals surface area contributed by atoms with Crippen LogP contribution in [0.1, 0.15) is 30.9 Å². The van der Waals surface area contributed by atoms with Crippen molar-refractivity contribution in [3.8, 4) is 0 Å². The number of nitrogens with zero attached hydrogens (tertiary/aromatic N) is 1. The average Bonchev–Trinajstić information content (AvgIpc) is 2.38. The molecule has 1 saturated heterocycles. The minimum atomic E-state index is -3.38. The van der Waals surface area contributed by atoms with Gasteiger partial charge in [0.05, 0.1) is 4.90 Å². The summed E-state index contributed by atoms with van der Waals surface area (Å²) in [6, 6.07) is 5.32. The third kappa shape index (κ3) is 2.96. The molecule has 0 N–H and O–H groups in total. The number of sulfonamides is 1. The molecule has 1 unspecified atom stereocenters. The lowest BCUT2D eigenvalue weighted by Gasteiger charge is -2.30. The summed E-state index contributed by atoms with van der Waals surface area (Å²) < 4.78 is 27.0. The van der Waals surface area contributed by atoms with E-state index in [-0.39, 0.29) is 0 Å². The van der Waals surface area contributed by atoms with Gasteiger partial charge in [0.15, 0.2) is 0 Å². The van der Waals surface area contributed by atoms with Crippen molar-refractivity contribution in [2.75, 3.05) is 13.1 Å². The minimum Gasteiger partial charge on any atom is -0.207 e. The van der Waals surface area contributed by atoms with E-state index >= 15 is 0 Å². The van der Waals surface area contributed by atoms with E-state index in [1.54, 1.807) is 16.4 Å². The first-order valence-corrected chi connectivity index (χ1v) is 8.59. The molecule has 0 amide bonds. The van der Waals surface area contributed by atoms with Crippen LogP contribution in [0.15, 0.2) is 23.1 Å². The van der Waals surface area contributed by atoms with E-state index in [1.807, 2.05) is 13.0 Å². The molecule has 1 aliphatic heterocycles. The summed E-state index contributed by atoms with van der Waals surface area (Å²) in [5.41, 5.74) is 1.66. The SMILES string of the molecule is Cc1c(CCl)cccc1S(=O)(=O)N1CCCC(C)C1. The smallest absolute Gasteiger partial charge is 0.207 e. The van der Waals surface area contributed by atoms with Crippen LogP contribution >= 0.6 is 11.6 Å². The Morgan fingerprint density at radius 1 is 1.42 bits per heavy atom. The molecule has 0 saturated carbocycles. The molecule has 106 valence electrons. The van der Waals surface area contributed by atoms with E-state index in [4.69, 9.17) is 11.6 Å². The summed E-state index contributed by atoms with van der Waals surface area (Å²) in [4.78, 5) is 0.403. The molecule has 0 aromatic heterocycles.